The van der Waals surface area contributed by atoms with Gasteiger partial charge in [0, 0.05) is 6.54 Å². The summed E-state index contributed by atoms with van der Waals surface area (Å²) in [5.41, 5.74) is -0.253. The van der Waals surface area contributed by atoms with Crippen molar-refractivity contribution in [2.45, 2.75) is 64.3 Å². The van der Waals surface area contributed by atoms with Crippen molar-refractivity contribution >= 4 is 5.91 Å². The third kappa shape index (κ3) is 2.87. The van der Waals surface area contributed by atoms with E-state index in [2.05, 4.69) is 24.5 Å². The van der Waals surface area contributed by atoms with Gasteiger partial charge in [-0.25, -0.2) is 0 Å². The molecule has 0 spiro atoms. The van der Waals surface area contributed by atoms with Gasteiger partial charge in [-0.05, 0) is 44.1 Å². The summed E-state index contributed by atoms with van der Waals surface area (Å²) >= 11 is 0. The third-order valence-electron chi connectivity index (χ3n) is 4.92. The number of rotatable bonds is 5. The standard InChI is InChI=1S/C15H28N2O/c1-3-8-15(9-5-10-17-15)14(18)16-11-13-7-4-6-12(13)2/h12-13,17H,3-11H2,1-2H3,(H,16,18). The fraction of sp³-hybridized carbons (Fsp3) is 0.933. The van der Waals surface area contributed by atoms with Crippen LogP contribution in [0.5, 0.6) is 0 Å². The Morgan fingerprint density at radius 1 is 1.39 bits per heavy atom. The summed E-state index contributed by atoms with van der Waals surface area (Å²) in [6.45, 7) is 6.36. The number of hydrogen-bond acceptors (Lipinski definition) is 2. The maximum absolute atomic E-state index is 12.4. The second-order valence-corrected chi connectivity index (χ2v) is 6.24. The molecule has 2 rings (SSSR count). The van der Waals surface area contributed by atoms with Crippen LogP contribution < -0.4 is 10.6 Å². The molecule has 0 radical (unpaired) electrons. The van der Waals surface area contributed by atoms with Gasteiger partial charge in [0.05, 0.1) is 5.54 Å². The Hall–Kier alpha value is -0.570. The van der Waals surface area contributed by atoms with Crippen molar-refractivity contribution < 1.29 is 4.79 Å². The molecule has 1 aliphatic heterocycles. The highest BCUT2D eigenvalue weighted by Crippen LogP contribution is 2.31. The summed E-state index contributed by atoms with van der Waals surface area (Å²) in [6.07, 6.45) is 8.13. The van der Waals surface area contributed by atoms with E-state index in [0.717, 1.165) is 44.7 Å². The second kappa shape index (κ2) is 6.05. The molecule has 3 nitrogen and oxygen atoms in total. The fourth-order valence-electron chi connectivity index (χ4n) is 3.67. The van der Waals surface area contributed by atoms with Crippen molar-refractivity contribution in [3.05, 3.63) is 0 Å². The van der Waals surface area contributed by atoms with Crippen LogP contribution in [0.4, 0.5) is 0 Å². The van der Waals surface area contributed by atoms with Gasteiger partial charge in [-0.15, -0.1) is 0 Å². The van der Waals surface area contributed by atoms with E-state index in [9.17, 15) is 4.79 Å². The average Bonchev–Trinajstić information content (AvgIpc) is 2.97. The first-order valence-corrected chi connectivity index (χ1v) is 7.71. The molecule has 0 aromatic rings. The molecule has 2 aliphatic rings. The van der Waals surface area contributed by atoms with Crippen LogP contribution in [0, 0.1) is 11.8 Å². The van der Waals surface area contributed by atoms with E-state index < -0.39 is 0 Å². The van der Waals surface area contributed by atoms with Crippen LogP contribution in [0.3, 0.4) is 0 Å². The van der Waals surface area contributed by atoms with Crippen molar-refractivity contribution in [2.75, 3.05) is 13.1 Å². The number of amides is 1. The largest absolute Gasteiger partial charge is 0.354 e. The minimum Gasteiger partial charge on any atom is -0.354 e. The number of carbonyl (C=O) groups excluding carboxylic acids is 1. The van der Waals surface area contributed by atoms with Gasteiger partial charge in [0.1, 0.15) is 0 Å². The zero-order valence-corrected chi connectivity index (χ0v) is 11.9. The van der Waals surface area contributed by atoms with Crippen molar-refractivity contribution in [3.8, 4) is 0 Å². The first-order valence-electron chi connectivity index (χ1n) is 7.71. The van der Waals surface area contributed by atoms with Crippen LogP contribution in [0.25, 0.3) is 0 Å². The monoisotopic (exact) mass is 252 g/mol. The van der Waals surface area contributed by atoms with Gasteiger partial charge in [-0.1, -0.05) is 33.1 Å². The number of nitrogens with one attached hydrogen (secondary N) is 2. The lowest BCUT2D eigenvalue weighted by Crippen LogP contribution is -2.54. The van der Waals surface area contributed by atoms with Crippen LogP contribution in [0.1, 0.15) is 58.8 Å². The minimum absolute atomic E-state index is 0.251. The zero-order chi connectivity index (χ0) is 13.0. The summed E-state index contributed by atoms with van der Waals surface area (Å²) in [6, 6.07) is 0. The minimum atomic E-state index is -0.253. The van der Waals surface area contributed by atoms with Gasteiger partial charge in [-0.2, -0.15) is 0 Å². The Morgan fingerprint density at radius 3 is 2.78 bits per heavy atom. The third-order valence-corrected chi connectivity index (χ3v) is 4.92. The van der Waals surface area contributed by atoms with Crippen molar-refractivity contribution in [1.82, 2.24) is 10.6 Å². The highest BCUT2D eigenvalue weighted by atomic mass is 16.2. The molecule has 3 unspecified atom stereocenters. The highest BCUT2D eigenvalue weighted by Gasteiger charge is 2.40. The van der Waals surface area contributed by atoms with Gasteiger partial charge in [-0.3, -0.25) is 4.79 Å². The Kier molecular flexibility index (Phi) is 4.66. The van der Waals surface area contributed by atoms with E-state index in [0.29, 0.717) is 5.92 Å². The first-order chi connectivity index (χ1) is 8.68. The molecule has 0 aromatic heterocycles. The van der Waals surface area contributed by atoms with E-state index in [-0.39, 0.29) is 11.4 Å². The Morgan fingerprint density at radius 2 is 2.22 bits per heavy atom. The van der Waals surface area contributed by atoms with Gasteiger partial charge in [0.15, 0.2) is 0 Å². The summed E-state index contributed by atoms with van der Waals surface area (Å²) in [7, 11) is 0. The van der Waals surface area contributed by atoms with E-state index in [4.69, 9.17) is 0 Å². The molecule has 3 heteroatoms. The molecular formula is C15H28N2O. The van der Waals surface area contributed by atoms with Gasteiger partial charge < -0.3 is 10.6 Å². The summed E-state index contributed by atoms with van der Waals surface area (Å²) in [4.78, 5) is 12.4. The van der Waals surface area contributed by atoms with E-state index in [1.165, 1.54) is 19.3 Å². The molecule has 2 fully saturated rings. The lowest BCUT2D eigenvalue weighted by molar-refractivity contribution is -0.127. The average molecular weight is 252 g/mol. The van der Waals surface area contributed by atoms with Crippen LogP contribution >= 0.6 is 0 Å². The number of hydrogen-bond donors (Lipinski definition) is 2. The molecule has 1 saturated carbocycles. The molecule has 1 heterocycles. The van der Waals surface area contributed by atoms with Crippen LogP contribution in [-0.4, -0.2) is 24.5 Å². The first kappa shape index (κ1) is 13.9. The molecule has 2 N–H and O–H groups in total. The molecule has 104 valence electrons. The molecular weight excluding hydrogens is 224 g/mol. The van der Waals surface area contributed by atoms with Crippen molar-refractivity contribution in [2.24, 2.45) is 11.8 Å². The molecule has 1 saturated heterocycles. The molecule has 1 aliphatic carbocycles. The Labute approximate surface area is 111 Å². The van der Waals surface area contributed by atoms with Gasteiger partial charge in [0.2, 0.25) is 5.91 Å². The molecule has 1 amide bonds. The van der Waals surface area contributed by atoms with Gasteiger partial charge in [0.25, 0.3) is 0 Å². The molecule has 18 heavy (non-hydrogen) atoms. The normalized spacial score (nSPS) is 35.9. The maximum Gasteiger partial charge on any atom is 0.240 e. The lowest BCUT2D eigenvalue weighted by atomic mass is 9.90. The summed E-state index contributed by atoms with van der Waals surface area (Å²) in [5, 5.41) is 6.67. The highest BCUT2D eigenvalue weighted by molar-refractivity contribution is 5.86. The Bertz CT molecular complexity index is 284. The molecule has 0 bridgehead atoms. The SMILES string of the molecule is CCCC1(C(=O)NCC2CCCC2C)CCCN1. The quantitative estimate of drug-likeness (QED) is 0.789. The van der Waals surface area contributed by atoms with Crippen LogP contribution in [0.15, 0.2) is 0 Å². The Balaban J connectivity index is 1.85. The van der Waals surface area contributed by atoms with Gasteiger partial charge >= 0.3 is 0 Å². The zero-order valence-electron chi connectivity index (χ0n) is 11.9. The maximum atomic E-state index is 12.4. The smallest absolute Gasteiger partial charge is 0.240 e. The number of carbonyl (C=O) groups is 1. The van der Waals surface area contributed by atoms with Crippen LogP contribution in [0.2, 0.25) is 0 Å². The van der Waals surface area contributed by atoms with Crippen molar-refractivity contribution in [1.29, 1.82) is 0 Å². The summed E-state index contributed by atoms with van der Waals surface area (Å²) in [5.74, 6) is 1.74. The second-order valence-electron chi connectivity index (χ2n) is 6.24. The summed E-state index contributed by atoms with van der Waals surface area (Å²) < 4.78 is 0. The van der Waals surface area contributed by atoms with E-state index in [1.807, 2.05) is 0 Å². The lowest BCUT2D eigenvalue weighted by Gasteiger charge is -2.29. The molecule has 0 aromatic carbocycles. The van der Waals surface area contributed by atoms with E-state index in [1.54, 1.807) is 0 Å². The van der Waals surface area contributed by atoms with E-state index >= 15 is 0 Å². The fourth-order valence-corrected chi connectivity index (χ4v) is 3.67. The predicted molar refractivity (Wildman–Crippen MR) is 74.4 cm³/mol. The van der Waals surface area contributed by atoms with Crippen LogP contribution in [-0.2, 0) is 4.79 Å². The topological polar surface area (TPSA) is 41.1 Å². The predicted octanol–water partition coefficient (Wildman–Crippen LogP) is 2.46. The molecule has 3 atom stereocenters. The van der Waals surface area contributed by atoms with Crippen molar-refractivity contribution in [3.63, 3.8) is 0 Å².